The maximum atomic E-state index is 5.40. The molecule has 2 heterocycles. The van der Waals surface area contributed by atoms with Crippen molar-refractivity contribution in [2.45, 2.75) is 13.0 Å². The van der Waals surface area contributed by atoms with Crippen molar-refractivity contribution in [1.29, 1.82) is 0 Å². The molecule has 19 heavy (non-hydrogen) atoms. The zero-order valence-corrected chi connectivity index (χ0v) is 11.4. The Morgan fingerprint density at radius 2 is 2.26 bits per heavy atom. The van der Waals surface area contributed by atoms with Crippen LogP contribution in [0, 0.1) is 0 Å². The van der Waals surface area contributed by atoms with E-state index < -0.39 is 0 Å². The van der Waals surface area contributed by atoms with Crippen LogP contribution in [0.4, 0.5) is 5.69 Å². The molecule has 4 heteroatoms. The smallest absolute Gasteiger partial charge is 0.145 e. The average molecular weight is 257 g/mol. The highest BCUT2D eigenvalue weighted by Gasteiger charge is 2.20. The van der Waals surface area contributed by atoms with Crippen LogP contribution in [-0.4, -0.2) is 37.8 Å². The highest BCUT2D eigenvalue weighted by Crippen LogP contribution is 2.31. The van der Waals surface area contributed by atoms with Gasteiger partial charge < -0.3 is 15.0 Å². The molecule has 0 unspecified atom stereocenters. The van der Waals surface area contributed by atoms with Gasteiger partial charge in [0.05, 0.1) is 7.11 Å². The Labute approximate surface area is 113 Å². The normalized spacial score (nSPS) is 19.7. The number of nitrogens with one attached hydrogen (secondary N) is 1. The largest absolute Gasteiger partial charge is 0.494 e. The number of aromatic nitrogens is 1. The van der Waals surface area contributed by atoms with Crippen molar-refractivity contribution in [3.05, 3.63) is 30.5 Å². The van der Waals surface area contributed by atoms with Crippen LogP contribution in [0.2, 0.25) is 0 Å². The number of rotatable bonds is 2. The molecular formula is C15H19N3O. The van der Waals surface area contributed by atoms with Gasteiger partial charge in [0.15, 0.2) is 0 Å². The van der Waals surface area contributed by atoms with Crippen LogP contribution in [-0.2, 0) is 0 Å². The fourth-order valence-electron chi connectivity index (χ4n) is 2.75. The summed E-state index contributed by atoms with van der Waals surface area (Å²) in [4.78, 5) is 6.91. The predicted octanol–water partition coefficient (Wildman–Crippen LogP) is 2.04. The fourth-order valence-corrected chi connectivity index (χ4v) is 2.75. The van der Waals surface area contributed by atoms with Crippen molar-refractivity contribution in [3.8, 4) is 5.75 Å². The molecule has 4 nitrogen and oxygen atoms in total. The summed E-state index contributed by atoms with van der Waals surface area (Å²) in [5.74, 6) is 0.835. The molecule has 1 atom stereocenters. The molecular weight excluding hydrogens is 238 g/mol. The number of nitrogens with zero attached hydrogens (tertiary/aromatic N) is 2. The first kappa shape index (κ1) is 12.2. The molecule has 1 aromatic heterocycles. The molecule has 1 N–H and O–H groups in total. The summed E-state index contributed by atoms with van der Waals surface area (Å²) >= 11 is 0. The highest BCUT2D eigenvalue weighted by molar-refractivity contribution is 5.95. The van der Waals surface area contributed by atoms with E-state index in [9.17, 15) is 0 Å². The van der Waals surface area contributed by atoms with E-state index in [0.717, 1.165) is 36.3 Å². The van der Waals surface area contributed by atoms with Crippen molar-refractivity contribution in [3.63, 3.8) is 0 Å². The molecule has 0 spiro atoms. The number of anilines is 1. The first-order chi connectivity index (χ1) is 9.31. The number of benzene rings is 1. The van der Waals surface area contributed by atoms with E-state index in [0.29, 0.717) is 6.04 Å². The number of hydrogen-bond donors (Lipinski definition) is 1. The van der Waals surface area contributed by atoms with Gasteiger partial charge >= 0.3 is 0 Å². The molecule has 1 fully saturated rings. The number of fused-ring (bicyclic) bond motifs is 1. The molecule has 100 valence electrons. The molecule has 1 aliphatic rings. The number of para-hydroxylation sites is 1. The lowest BCUT2D eigenvalue weighted by molar-refractivity contribution is 0.419. The van der Waals surface area contributed by atoms with E-state index in [4.69, 9.17) is 4.74 Å². The number of hydrogen-bond acceptors (Lipinski definition) is 4. The van der Waals surface area contributed by atoms with Gasteiger partial charge in [-0.2, -0.15) is 0 Å². The summed E-state index contributed by atoms with van der Waals surface area (Å²) in [5.41, 5.74) is 2.19. The maximum absolute atomic E-state index is 5.40. The SMILES string of the molecule is COc1cccc2c(N3CCNC[C@H]3C)ccnc12. The molecule has 1 saturated heterocycles. The van der Waals surface area contributed by atoms with Gasteiger partial charge in [-0.3, -0.25) is 4.98 Å². The zero-order valence-electron chi connectivity index (χ0n) is 11.4. The van der Waals surface area contributed by atoms with E-state index in [2.05, 4.69) is 34.3 Å². The molecule has 1 aliphatic heterocycles. The summed E-state index contributed by atoms with van der Waals surface area (Å²) in [6.45, 7) is 5.32. The van der Waals surface area contributed by atoms with Crippen LogP contribution in [0.25, 0.3) is 10.9 Å². The van der Waals surface area contributed by atoms with Crippen LogP contribution < -0.4 is 15.0 Å². The Morgan fingerprint density at radius 1 is 1.37 bits per heavy atom. The minimum atomic E-state index is 0.491. The Hall–Kier alpha value is -1.81. The fraction of sp³-hybridized carbons (Fsp3) is 0.400. The van der Waals surface area contributed by atoms with Gasteiger partial charge in [-0.25, -0.2) is 0 Å². The van der Waals surface area contributed by atoms with Crippen molar-refractivity contribution in [2.24, 2.45) is 0 Å². The summed E-state index contributed by atoms with van der Waals surface area (Å²) in [5, 5.41) is 4.59. The lowest BCUT2D eigenvalue weighted by Crippen LogP contribution is -2.50. The van der Waals surface area contributed by atoms with Gasteiger partial charge in [-0.15, -0.1) is 0 Å². The van der Waals surface area contributed by atoms with E-state index in [1.54, 1.807) is 7.11 Å². The summed E-state index contributed by atoms with van der Waals surface area (Å²) in [6.07, 6.45) is 1.87. The van der Waals surface area contributed by atoms with Gasteiger partial charge in [-0.05, 0) is 19.1 Å². The third-order valence-electron chi connectivity index (χ3n) is 3.74. The molecule has 0 bridgehead atoms. The van der Waals surface area contributed by atoms with Gasteiger partial charge in [0, 0.05) is 42.9 Å². The third kappa shape index (κ3) is 2.12. The standard InChI is InChI=1S/C15H19N3O/c1-11-10-16-8-9-18(11)13-6-7-17-15-12(13)4-3-5-14(15)19-2/h3-7,11,16H,8-10H2,1-2H3/t11-/m1/s1. The van der Waals surface area contributed by atoms with E-state index in [1.807, 2.05) is 18.3 Å². The van der Waals surface area contributed by atoms with Crippen molar-refractivity contribution >= 4 is 16.6 Å². The van der Waals surface area contributed by atoms with Gasteiger partial charge in [0.1, 0.15) is 11.3 Å². The molecule has 3 rings (SSSR count). The van der Waals surface area contributed by atoms with Crippen LogP contribution in [0.15, 0.2) is 30.5 Å². The molecule has 1 aromatic carbocycles. The second-order valence-electron chi connectivity index (χ2n) is 4.93. The molecule has 2 aromatic rings. The molecule has 0 saturated carbocycles. The van der Waals surface area contributed by atoms with Crippen LogP contribution in [0.1, 0.15) is 6.92 Å². The summed E-state index contributed by atoms with van der Waals surface area (Å²) in [6, 6.07) is 8.70. The maximum Gasteiger partial charge on any atom is 0.145 e. The second kappa shape index (κ2) is 5.05. The Bertz CT molecular complexity index is 585. The van der Waals surface area contributed by atoms with Gasteiger partial charge in [0.25, 0.3) is 0 Å². The topological polar surface area (TPSA) is 37.4 Å². The minimum absolute atomic E-state index is 0.491. The number of pyridine rings is 1. The highest BCUT2D eigenvalue weighted by atomic mass is 16.5. The Morgan fingerprint density at radius 3 is 3.05 bits per heavy atom. The molecule has 0 radical (unpaired) electrons. The number of piperazine rings is 1. The van der Waals surface area contributed by atoms with E-state index in [-0.39, 0.29) is 0 Å². The van der Waals surface area contributed by atoms with Crippen molar-refractivity contribution in [2.75, 3.05) is 31.6 Å². The predicted molar refractivity (Wildman–Crippen MR) is 78.0 cm³/mol. The average Bonchev–Trinajstić information content (AvgIpc) is 2.46. The lowest BCUT2D eigenvalue weighted by Gasteiger charge is -2.36. The third-order valence-corrected chi connectivity index (χ3v) is 3.74. The van der Waals surface area contributed by atoms with Crippen LogP contribution in [0.3, 0.4) is 0 Å². The summed E-state index contributed by atoms with van der Waals surface area (Å²) in [7, 11) is 1.69. The van der Waals surface area contributed by atoms with Gasteiger partial charge in [0.2, 0.25) is 0 Å². The number of methoxy groups -OCH3 is 1. The zero-order chi connectivity index (χ0) is 13.2. The minimum Gasteiger partial charge on any atom is -0.494 e. The number of ether oxygens (including phenoxy) is 1. The van der Waals surface area contributed by atoms with E-state index in [1.165, 1.54) is 5.69 Å². The van der Waals surface area contributed by atoms with Gasteiger partial charge in [-0.1, -0.05) is 12.1 Å². The second-order valence-corrected chi connectivity index (χ2v) is 4.93. The Kier molecular flexibility index (Phi) is 3.25. The monoisotopic (exact) mass is 257 g/mol. The van der Waals surface area contributed by atoms with Crippen molar-refractivity contribution < 1.29 is 4.74 Å². The lowest BCUT2D eigenvalue weighted by atomic mass is 10.1. The van der Waals surface area contributed by atoms with Crippen molar-refractivity contribution in [1.82, 2.24) is 10.3 Å². The summed E-state index contributed by atoms with van der Waals surface area (Å²) < 4.78 is 5.40. The Balaban J connectivity index is 2.13. The van der Waals surface area contributed by atoms with E-state index >= 15 is 0 Å². The van der Waals surface area contributed by atoms with Crippen LogP contribution >= 0.6 is 0 Å². The first-order valence-electron chi connectivity index (χ1n) is 6.70. The first-order valence-corrected chi connectivity index (χ1v) is 6.70. The molecule has 0 amide bonds. The quantitative estimate of drug-likeness (QED) is 0.893. The molecule has 0 aliphatic carbocycles. The van der Waals surface area contributed by atoms with Crippen LogP contribution in [0.5, 0.6) is 5.75 Å².